The first-order valence-electron chi connectivity index (χ1n) is 7.45. The van der Waals surface area contributed by atoms with Crippen molar-refractivity contribution >= 4 is 15.9 Å². The van der Waals surface area contributed by atoms with E-state index in [1.54, 1.807) is 0 Å². The maximum Gasteiger partial charge on any atom is 0.317 e. The van der Waals surface area contributed by atoms with Crippen molar-refractivity contribution in [2.45, 2.75) is 32.2 Å². The number of ether oxygens (including phenoxy) is 1. The van der Waals surface area contributed by atoms with E-state index in [9.17, 15) is 13.2 Å². The van der Waals surface area contributed by atoms with E-state index in [0.717, 1.165) is 12.8 Å². The first-order valence-corrected chi connectivity index (χ1v) is 9.27. The van der Waals surface area contributed by atoms with Crippen molar-refractivity contribution in [3.63, 3.8) is 0 Å². The Morgan fingerprint density at radius 2 is 2.05 bits per heavy atom. The summed E-state index contributed by atoms with van der Waals surface area (Å²) in [5.41, 5.74) is 1.25. The van der Waals surface area contributed by atoms with Crippen molar-refractivity contribution < 1.29 is 17.9 Å². The van der Waals surface area contributed by atoms with Crippen LogP contribution in [0.3, 0.4) is 0 Å². The number of benzene rings is 1. The Kier molecular flexibility index (Phi) is 5.65. The number of urea groups is 1. The minimum atomic E-state index is -2.99. The van der Waals surface area contributed by atoms with Crippen LogP contribution in [0, 0.1) is 0 Å². The number of aryl methyl sites for hydroxylation is 1. The van der Waals surface area contributed by atoms with Gasteiger partial charge < -0.3 is 15.4 Å². The Balaban J connectivity index is 1.68. The fourth-order valence-electron chi connectivity index (χ4n) is 2.37. The lowest BCUT2D eigenvalue weighted by Gasteiger charge is -2.13. The lowest BCUT2D eigenvalue weighted by molar-refractivity contribution is 0.221. The van der Waals surface area contributed by atoms with E-state index in [0.29, 0.717) is 12.2 Å². The second kappa shape index (κ2) is 7.49. The highest BCUT2D eigenvalue weighted by Gasteiger charge is 2.28. The van der Waals surface area contributed by atoms with E-state index in [1.165, 1.54) is 5.56 Å². The van der Waals surface area contributed by atoms with Crippen LogP contribution in [0.4, 0.5) is 4.79 Å². The molecule has 0 saturated carbocycles. The van der Waals surface area contributed by atoms with Gasteiger partial charge in [0.25, 0.3) is 0 Å². The van der Waals surface area contributed by atoms with E-state index >= 15 is 0 Å². The zero-order valence-electron chi connectivity index (χ0n) is 12.7. The zero-order valence-corrected chi connectivity index (χ0v) is 13.5. The molecular formula is C15H22N2O4S. The molecular weight excluding hydrogens is 304 g/mol. The quantitative estimate of drug-likeness (QED) is 0.775. The largest absolute Gasteiger partial charge is 0.473 e. The van der Waals surface area contributed by atoms with Crippen LogP contribution in [0.15, 0.2) is 24.3 Å². The number of sulfone groups is 1. The Labute approximate surface area is 131 Å². The number of amides is 2. The molecule has 1 heterocycles. The van der Waals surface area contributed by atoms with Crippen LogP contribution in [0.5, 0.6) is 5.75 Å². The summed E-state index contributed by atoms with van der Waals surface area (Å²) in [6, 6.07) is 7.02. The van der Waals surface area contributed by atoms with Gasteiger partial charge >= 0.3 is 6.03 Å². The number of hydrogen-bond donors (Lipinski definition) is 2. The summed E-state index contributed by atoms with van der Waals surface area (Å²) in [5.74, 6) is 0.835. The van der Waals surface area contributed by atoms with Crippen LogP contribution in [0.25, 0.3) is 0 Å². The van der Waals surface area contributed by atoms with Crippen LogP contribution in [0.2, 0.25) is 0 Å². The van der Waals surface area contributed by atoms with Gasteiger partial charge in [-0.05, 0) is 30.5 Å². The normalized spacial score (nSPS) is 19.6. The van der Waals surface area contributed by atoms with Crippen LogP contribution in [-0.2, 0) is 16.3 Å². The number of carbonyl (C=O) groups is 1. The van der Waals surface area contributed by atoms with Crippen molar-refractivity contribution in [3.05, 3.63) is 29.8 Å². The highest BCUT2D eigenvalue weighted by atomic mass is 32.2. The predicted molar refractivity (Wildman–Crippen MR) is 84.7 cm³/mol. The lowest BCUT2D eigenvalue weighted by Crippen LogP contribution is -2.43. The average molecular weight is 326 g/mol. The molecule has 0 aliphatic carbocycles. The van der Waals surface area contributed by atoms with Crippen molar-refractivity contribution in [1.82, 2.24) is 10.6 Å². The molecule has 122 valence electrons. The molecule has 0 spiro atoms. The molecule has 0 aromatic heterocycles. The molecule has 0 bridgehead atoms. The van der Waals surface area contributed by atoms with Crippen LogP contribution >= 0.6 is 0 Å². The maximum atomic E-state index is 11.6. The number of nitrogens with one attached hydrogen (secondary N) is 2. The topological polar surface area (TPSA) is 84.5 Å². The molecule has 2 amide bonds. The molecule has 2 rings (SSSR count). The summed E-state index contributed by atoms with van der Waals surface area (Å²) in [7, 11) is -2.99. The summed E-state index contributed by atoms with van der Waals surface area (Å²) in [4.78, 5) is 11.6. The molecule has 7 heteroatoms. The fourth-order valence-corrected chi connectivity index (χ4v) is 4.04. The number of rotatable bonds is 6. The lowest BCUT2D eigenvalue weighted by atomic mass is 10.1. The summed E-state index contributed by atoms with van der Waals surface area (Å²) >= 11 is 0. The molecule has 1 aliphatic heterocycles. The Morgan fingerprint density at radius 1 is 1.32 bits per heavy atom. The minimum absolute atomic E-state index is 0.0141. The van der Waals surface area contributed by atoms with Crippen molar-refractivity contribution in [3.8, 4) is 5.75 Å². The van der Waals surface area contributed by atoms with Gasteiger partial charge in [-0.2, -0.15) is 0 Å². The molecule has 1 atom stereocenters. The summed E-state index contributed by atoms with van der Waals surface area (Å²) in [6.07, 6.45) is 2.60. The van der Waals surface area contributed by atoms with E-state index in [2.05, 4.69) is 17.6 Å². The molecule has 6 nitrogen and oxygen atoms in total. The second-order valence-corrected chi connectivity index (χ2v) is 7.66. The second-order valence-electron chi connectivity index (χ2n) is 5.43. The van der Waals surface area contributed by atoms with E-state index in [4.69, 9.17) is 4.74 Å². The SMILES string of the molecule is CCCc1ccc(OCNC(=O)NC2CCS(=O)(=O)C2)cc1. The summed E-state index contributed by atoms with van der Waals surface area (Å²) < 4.78 is 28.0. The van der Waals surface area contributed by atoms with Gasteiger partial charge in [0.2, 0.25) is 0 Å². The van der Waals surface area contributed by atoms with Gasteiger partial charge in [-0.15, -0.1) is 0 Å². The van der Waals surface area contributed by atoms with Crippen LogP contribution in [0.1, 0.15) is 25.3 Å². The predicted octanol–water partition coefficient (Wildman–Crippen LogP) is 1.46. The van der Waals surface area contributed by atoms with Crippen molar-refractivity contribution in [2.24, 2.45) is 0 Å². The smallest absolute Gasteiger partial charge is 0.317 e. The van der Waals surface area contributed by atoms with Gasteiger partial charge in [0.1, 0.15) is 5.75 Å². The molecule has 0 radical (unpaired) electrons. The van der Waals surface area contributed by atoms with Gasteiger partial charge in [0.15, 0.2) is 16.6 Å². The highest BCUT2D eigenvalue weighted by Crippen LogP contribution is 2.13. The molecule has 22 heavy (non-hydrogen) atoms. The van der Waals surface area contributed by atoms with E-state index in [1.807, 2.05) is 24.3 Å². The molecule has 1 aromatic carbocycles. The monoisotopic (exact) mass is 326 g/mol. The van der Waals surface area contributed by atoms with Crippen molar-refractivity contribution in [1.29, 1.82) is 0 Å². The molecule has 1 saturated heterocycles. The van der Waals surface area contributed by atoms with Gasteiger partial charge in [-0.25, -0.2) is 13.2 Å². The Hall–Kier alpha value is -1.76. The Bertz CT molecular complexity index is 598. The first-order chi connectivity index (χ1) is 10.5. The molecule has 1 aromatic rings. The third-order valence-corrected chi connectivity index (χ3v) is 5.27. The van der Waals surface area contributed by atoms with E-state index < -0.39 is 15.9 Å². The van der Waals surface area contributed by atoms with Gasteiger partial charge in [-0.3, -0.25) is 0 Å². The zero-order chi connectivity index (χ0) is 16.0. The maximum absolute atomic E-state index is 11.6. The molecule has 1 aliphatic rings. The standard InChI is InChI=1S/C15H22N2O4S/c1-2-3-12-4-6-14(7-5-12)21-11-16-15(18)17-13-8-9-22(19,20)10-13/h4-7,13H,2-3,8-11H2,1H3,(H2,16,17,18). The number of hydrogen-bond acceptors (Lipinski definition) is 4. The van der Waals surface area contributed by atoms with Gasteiger partial charge in [0, 0.05) is 6.04 Å². The summed E-state index contributed by atoms with van der Waals surface area (Å²) in [5, 5.41) is 5.20. The minimum Gasteiger partial charge on any atom is -0.473 e. The van der Waals surface area contributed by atoms with Crippen molar-refractivity contribution in [2.75, 3.05) is 18.2 Å². The van der Waals surface area contributed by atoms with Gasteiger partial charge in [0.05, 0.1) is 11.5 Å². The number of carbonyl (C=O) groups excluding carboxylic acids is 1. The molecule has 2 N–H and O–H groups in total. The van der Waals surface area contributed by atoms with Crippen LogP contribution in [-0.4, -0.2) is 38.7 Å². The van der Waals surface area contributed by atoms with Crippen LogP contribution < -0.4 is 15.4 Å². The third-order valence-electron chi connectivity index (χ3n) is 3.50. The average Bonchev–Trinajstić information content (AvgIpc) is 2.80. The van der Waals surface area contributed by atoms with Gasteiger partial charge in [-0.1, -0.05) is 25.5 Å². The highest BCUT2D eigenvalue weighted by molar-refractivity contribution is 7.91. The van der Waals surface area contributed by atoms with E-state index in [-0.39, 0.29) is 24.3 Å². The Morgan fingerprint density at radius 3 is 2.64 bits per heavy atom. The summed E-state index contributed by atoms with van der Waals surface area (Å²) in [6.45, 7) is 2.17. The molecule has 1 fully saturated rings. The molecule has 1 unspecified atom stereocenters. The first kappa shape index (κ1) is 16.6. The third kappa shape index (κ3) is 5.22. The fraction of sp³-hybridized carbons (Fsp3) is 0.533.